The van der Waals surface area contributed by atoms with Crippen molar-refractivity contribution >= 4 is 55.1 Å². The van der Waals surface area contributed by atoms with Gasteiger partial charge in [0.1, 0.15) is 0 Å². The molecule has 1 aliphatic heterocycles. The summed E-state index contributed by atoms with van der Waals surface area (Å²) in [6.07, 6.45) is 0. The van der Waals surface area contributed by atoms with E-state index in [-0.39, 0.29) is 0 Å². The second-order valence-electron chi connectivity index (χ2n) is 10.6. The number of para-hydroxylation sites is 2. The molecule has 0 saturated heterocycles. The summed E-state index contributed by atoms with van der Waals surface area (Å²) in [5, 5.41) is 7.78. The zero-order valence-corrected chi connectivity index (χ0v) is 22.5. The van der Waals surface area contributed by atoms with Crippen LogP contribution in [0.5, 0.6) is 0 Å². The Kier molecular flexibility index (Phi) is 4.61. The summed E-state index contributed by atoms with van der Waals surface area (Å²) < 4.78 is 2.39. The first-order valence-electron chi connectivity index (χ1n) is 13.7. The van der Waals surface area contributed by atoms with E-state index in [1.54, 1.807) is 0 Å². The maximum absolute atomic E-state index is 2.41. The summed E-state index contributed by atoms with van der Waals surface area (Å²) >= 11 is 1.88. The van der Waals surface area contributed by atoms with Crippen LogP contribution in [0.2, 0.25) is 0 Å². The van der Waals surface area contributed by atoms with Gasteiger partial charge in [0.25, 0.3) is 0 Å². The topological polar surface area (TPSA) is 4.93 Å². The molecule has 0 spiro atoms. The van der Waals surface area contributed by atoms with E-state index < -0.39 is 0 Å². The molecule has 1 aromatic heterocycles. The van der Waals surface area contributed by atoms with E-state index in [4.69, 9.17) is 0 Å². The Labute approximate surface area is 236 Å². The molecule has 0 amide bonds. The average molecular weight is 526 g/mol. The van der Waals surface area contributed by atoms with Gasteiger partial charge in [-0.15, -0.1) is 0 Å². The third-order valence-corrected chi connectivity index (χ3v) is 9.49. The highest BCUT2D eigenvalue weighted by Crippen LogP contribution is 2.49. The molecule has 0 N–H and O–H groups in total. The van der Waals surface area contributed by atoms with Crippen LogP contribution in [-0.4, -0.2) is 4.57 Å². The van der Waals surface area contributed by atoms with Crippen molar-refractivity contribution in [1.82, 2.24) is 4.57 Å². The van der Waals surface area contributed by atoms with Gasteiger partial charge in [0, 0.05) is 31.6 Å². The van der Waals surface area contributed by atoms with E-state index in [0.717, 1.165) is 0 Å². The van der Waals surface area contributed by atoms with Gasteiger partial charge in [-0.3, -0.25) is 0 Å². The fourth-order valence-corrected chi connectivity index (χ4v) is 7.71. The van der Waals surface area contributed by atoms with Gasteiger partial charge in [-0.1, -0.05) is 103 Å². The van der Waals surface area contributed by atoms with Crippen molar-refractivity contribution in [1.29, 1.82) is 0 Å². The fourth-order valence-electron chi connectivity index (χ4n) is 6.58. The number of nitrogens with zero attached hydrogens (tertiary/aromatic N) is 1. The fraction of sp³-hybridized carbons (Fsp3) is 0. The lowest BCUT2D eigenvalue weighted by molar-refractivity contribution is 1.18. The summed E-state index contributed by atoms with van der Waals surface area (Å²) in [7, 11) is 0. The summed E-state index contributed by atoms with van der Waals surface area (Å²) in [5.74, 6) is 0. The smallest absolute Gasteiger partial charge is 0.0547 e. The number of aromatic nitrogens is 1. The van der Waals surface area contributed by atoms with E-state index >= 15 is 0 Å². The van der Waals surface area contributed by atoms with Gasteiger partial charge in [-0.2, -0.15) is 0 Å². The van der Waals surface area contributed by atoms with Crippen LogP contribution < -0.4 is 0 Å². The minimum atomic E-state index is 1.19. The lowest BCUT2D eigenvalue weighted by atomic mass is 9.92. The monoisotopic (exact) mass is 525 g/mol. The highest BCUT2D eigenvalue weighted by Gasteiger charge is 2.20. The number of benzene rings is 7. The lowest BCUT2D eigenvalue weighted by Crippen LogP contribution is -1.94. The lowest BCUT2D eigenvalue weighted by Gasteiger charge is -2.21. The predicted molar refractivity (Wildman–Crippen MR) is 171 cm³/mol. The van der Waals surface area contributed by atoms with Gasteiger partial charge in [0.15, 0.2) is 0 Å². The molecule has 1 nitrogen and oxygen atoms in total. The first kappa shape index (κ1) is 22.1. The third-order valence-electron chi connectivity index (χ3n) is 8.35. The second kappa shape index (κ2) is 8.35. The normalized spacial score (nSPS) is 12.4. The minimum Gasteiger partial charge on any atom is -0.309 e. The zero-order chi connectivity index (χ0) is 26.2. The van der Waals surface area contributed by atoms with Crippen LogP contribution in [0.1, 0.15) is 0 Å². The summed E-state index contributed by atoms with van der Waals surface area (Å²) in [5.41, 5.74) is 8.84. The van der Waals surface area contributed by atoms with E-state index in [2.05, 4.69) is 144 Å². The van der Waals surface area contributed by atoms with Crippen LogP contribution in [0.15, 0.2) is 149 Å². The van der Waals surface area contributed by atoms with E-state index in [1.165, 1.54) is 81.1 Å². The predicted octanol–water partition coefficient (Wildman–Crippen LogP) is 10.9. The first-order valence-corrected chi connectivity index (χ1v) is 14.5. The Balaban J connectivity index is 1.30. The maximum Gasteiger partial charge on any atom is 0.0547 e. The molecule has 40 heavy (non-hydrogen) atoms. The van der Waals surface area contributed by atoms with Crippen molar-refractivity contribution in [3.8, 4) is 27.9 Å². The molecule has 0 bridgehead atoms. The maximum atomic E-state index is 2.41. The second-order valence-corrected chi connectivity index (χ2v) is 11.6. The van der Waals surface area contributed by atoms with Crippen LogP contribution in [0.25, 0.3) is 71.3 Å². The molecule has 186 valence electrons. The van der Waals surface area contributed by atoms with E-state index in [1.807, 2.05) is 11.8 Å². The summed E-state index contributed by atoms with van der Waals surface area (Å²) in [4.78, 5) is 2.67. The van der Waals surface area contributed by atoms with Gasteiger partial charge in [-0.25, -0.2) is 0 Å². The van der Waals surface area contributed by atoms with E-state index in [9.17, 15) is 0 Å². The Morgan fingerprint density at radius 3 is 2.10 bits per heavy atom. The molecule has 0 atom stereocenters. The van der Waals surface area contributed by atoms with Crippen molar-refractivity contribution in [2.75, 3.05) is 0 Å². The molecule has 2 heterocycles. The summed E-state index contributed by atoms with van der Waals surface area (Å²) in [6, 6.07) is 51.3. The number of rotatable bonds is 2. The van der Waals surface area contributed by atoms with Crippen LogP contribution in [-0.2, 0) is 0 Å². The minimum absolute atomic E-state index is 1.19. The summed E-state index contributed by atoms with van der Waals surface area (Å²) in [6.45, 7) is 0. The van der Waals surface area contributed by atoms with Crippen LogP contribution in [0.4, 0.5) is 0 Å². The quantitative estimate of drug-likeness (QED) is 0.217. The largest absolute Gasteiger partial charge is 0.309 e. The van der Waals surface area contributed by atoms with Crippen molar-refractivity contribution in [2.24, 2.45) is 0 Å². The number of hydrogen-bond donors (Lipinski definition) is 0. The van der Waals surface area contributed by atoms with Gasteiger partial charge in [0.05, 0.1) is 11.0 Å². The molecule has 0 aliphatic carbocycles. The Morgan fingerprint density at radius 1 is 0.425 bits per heavy atom. The molecule has 7 aromatic carbocycles. The SMILES string of the molecule is c1ccc(-n2c3ccccc3c3cc4c(-c5ccc6c(c5)-c5cccc7cccc(c57)S6)cccc4cc32)cc1. The molecular formula is C38H23NS. The number of hydrogen-bond acceptors (Lipinski definition) is 1. The van der Waals surface area contributed by atoms with E-state index in [0.29, 0.717) is 0 Å². The molecule has 8 aromatic rings. The van der Waals surface area contributed by atoms with Crippen molar-refractivity contribution in [3.63, 3.8) is 0 Å². The standard InChI is InChI=1S/C38H23NS/c1-2-12-27(13-3-1)39-34-17-5-4-14-29(34)32-23-31-25(22-35(32)39)11-7-15-28(31)26-19-20-36-33(21-26)30-16-6-9-24-10-8-18-37(40-36)38(24)30/h1-23H. The Morgan fingerprint density at radius 2 is 1.20 bits per heavy atom. The molecule has 0 radical (unpaired) electrons. The molecular weight excluding hydrogens is 502 g/mol. The Bertz CT molecular complexity index is 2290. The van der Waals surface area contributed by atoms with Gasteiger partial charge in [-0.05, 0) is 86.9 Å². The van der Waals surface area contributed by atoms with Crippen LogP contribution >= 0.6 is 11.8 Å². The first-order chi connectivity index (χ1) is 19.8. The molecule has 9 rings (SSSR count). The van der Waals surface area contributed by atoms with Crippen molar-refractivity contribution < 1.29 is 0 Å². The van der Waals surface area contributed by atoms with Gasteiger partial charge >= 0.3 is 0 Å². The average Bonchev–Trinajstić information content (AvgIpc) is 3.33. The van der Waals surface area contributed by atoms with Gasteiger partial charge < -0.3 is 4.57 Å². The van der Waals surface area contributed by atoms with Crippen LogP contribution in [0.3, 0.4) is 0 Å². The third kappa shape index (κ3) is 3.11. The highest BCUT2D eigenvalue weighted by atomic mass is 32.2. The molecule has 0 saturated carbocycles. The zero-order valence-electron chi connectivity index (χ0n) is 21.6. The Hall–Kier alpha value is -4.79. The molecule has 2 heteroatoms. The van der Waals surface area contributed by atoms with Gasteiger partial charge in [0.2, 0.25) is 0 Å². The number of fused-ring (bicyclic) bond motifs is 6. The molecule has 0 fully saturated rings. The van der Waals surface area contributed by atoms with Crippen molar-refractivity contribution in [2.45, 2.75) is 9.79 Å². The van der Waals surface area contributed by atoms with Crippen molar-refractivity contribution in [3.05, 3.63) is 140 Å². The molecule has 0 unspecified atom stereocenters. The molecule has 1 aliphatic rings. The van der Waals surface area contributed by atoms with Crippen LogP contribution in [0, 0.1) is 0 Å². The highest BCUT2D eigenvalue weighted by molar-refractivity contribution is 7.99.